The van der Waals surface area contributed by atoms with Gasteiger partial charge in [-0.25, -0.2) is 9.89 Å². The van der Waals surface area contributed by atoms with Crippen LogP contribution in [-0.2, 0) is 4.79 Å². The van der Waals surface area contributed by atoms with Gasteiger partial charge in [0.05, 0.1) is 6.04 Å². The van der Waals surface area contributed by atoms with Gasteiger partial charge >= 0.3 is 5.69 Å². The molecule has 8 heteroatoms. The molecule has 0 fully saturated rings. The molecule has 1 heterocycles. The predicted molar refractivity (Wildman–Crippen MR) is 75.2 cm³/mol. The number of carbonyl (C=O) groups excluding carboxylic acids is 1. The van der Waals surface area contributed by atoms with Gasteiger partial charge in [0.25, 0.3) is 0 Å². The summed E-state index contributed by atoms with van der Waals surface area (Å²) in [5, 5.41) is 10.1. The van der Waals surface area contributed by atoms with Crippen molar-refractivity contribution < 1.29 is 4.79 Å². The summed E-state index contributed by atoms with van der Waals surface area (Å²) in [5.41, 5.74) is 5.08. The number of aromatic amines is 1. The Labute approximate surface area is 116 Å². The number of likely N-dealkylation sites (N-methyl/N-ethyl adjacent to an activating group) is 1. The van der Waals surface area contributed by atoms with Gasteiger partial charge in [0.1, 0.15) is 0 Å². The first-order valence-corrected chi connectivity index (χ1v) is 7.28. The molecule has 0 bridgehead atoms. The van der Waals surface area contributed by atoms with Crippen LogP contribution >= 0.6 is 11.8 Å². The molecule has 0 aliphatic heterocycles. The third-order valence-corrected chi connectivity index (χ3v) is 3.61. The van der Waals surface area contributed by atoms with Crippen LogP contribution in [-0.4, -0.2) is 39.0 Å². The number of carbonyl (C=O) groups is 1. The van der Waals surface area contributed by atoms with E-state index in [1.54, 1.807) is 4.57 Å². The Morgan fingerprint density at radius 3 is 2.79 bits per heavy atom. The second-order valence-electron chi connectivity index (χ2n) is 4.42. The molecule has 19 heavy (non-hydrogen) atoms. The topological polar surface area (TPSA) is 106 Å². The summed E-state index contributed by atoms with van der Waals surface area (Å²) in [5.74, 6) is 0.308. The molecule has 0 aliphatic carbocycles. The Morgan fingerprint density at radius 2 is 2.26 bits per heavy atom. The molecule has 4 N–H and O–H groups in total. The number of H-pyrrole nitrogens is 1. The molecule has 1 amide bonds. The van der Waals surface area contributed by atoms with E-state index >= 15 is 0 Å². The highest BCUT2D eigenvalue weighted by Gasteiger charge is 2.16. The summed E-state index contributed by atoms with van der Waals surface area (Å²) in [7, 11) is 0. The van der Waals surface area contributed by atoms with Crippen molar-refractivity contribution >= 4 is 17.7 Å². The van der Waals surface area contributed by atoms with Crippen LogP contribution in [0.15, 0.2) is 9.95 Å². The van der Waals surface area contributed by atoms with Crippen molar-refractivity contribution in [2.75, 3.05) is 12.3 Å². The van der Waals surface area contributed by atoms with E-state index in [-0.39, 0.29) is 23.7 Å². The third-order valence-electron chi connectivity index (χ3n) is 2.62. The van der Waals surface area contributed by atoms with Crippen molar-refractivity contribution in [1.29, 1.82) is 0 Å². The Hall–Kier alpha value is -1.28. The van der Waals surface area contributed by atoms with Gasteiger partial charge in [-0.15, -0.1) is 5.10 Å². The minimum Gasteiger partial charge on any atom is -0.368 e. The van der Waals surface area contributed by atoms with E-state index in [1.807, 2.05) is 20.8 Å². The lowest BCUT2D eigenvalue weighted by atomic mass is 10.2. The maximum atomic E-state index is 11.5. The van der Waals surface area contributed by atoms with Gasteiger partial charge in [-0.3, -0.25) is 9.36 Å². The average Bonchev–Trinajstić information content (AvgIpc) is 2.69. The first kappa shape index (κ1) is 15.8. The van der Waals surface area contributed by atoms with Gasteiger partial charge < -0.3 is 11.1 Å². The molecule has 0 spiro atoms. The summed E-state index contributed by atoms with van der Waals surface area (Å²) in [6.07, 6.45) is 0.604. The number of thioether (sulfide) groups is 1. The van der Waals surface area contributed by atoms with Gasteiger partial charge in [-0.05, 0) is 26.8 Å². The molecule has 0 saturated heterocycles. The minimum absolute atomic E-state index is 0.0504. The van der Waals surface area contributed by atoms with Gasteiger partial charge in [-0.2, -0.15) is 0 Å². The standard InChI is InChI=1S/C11H21N5O2S/c1-4-13-8(9(12)17)5-6-19-11-15-14-10(18)16(11)7(2)3/h7-8,13H,4-6H2,1-3H3,(H2,12,17)(H,14,18). The molecule has 108 valence electrons. The lowest BCUT2D eigenvalue weighted by Crippen LogP contribution is -2.41. The lowest BCUT2D eigenvalue weighted by Gasteiger charge is -2.13. The fourth-order valence-electron chi connectivity index (χ4n) is 1.71. The number of rotatable bonds is 8. The monoisotopic (exact) mass is 287 g/mol. The number of nitrogens with zero attached hydrogens (tertiary/aromatic N) is 2. The molecule has 1 aromatic heterocycles. The van der Waals surface area contributed by atoms with Gasteiger partial charge in [-0.1, -0.05) is 18.7 Å². The highest BCUT2D eigenvalue weighted by Crippen LogP contribution is 2.18. The minimum atomic E-state index is -0.356. The van der Waals surface area contributed by atoms with E-state index in [2.05, 4.69) is 15.5 Å². The van der Waals surface area contributed by atoms with E-state index in [4.69, 9.17) is 5.73 Å². The maximum Gasteiger partial charge on any atom is 0.344 e. The number of nitrogens with two attached hydrogens (primary N) is 1. The molecular weight excluding hydrogens is 266 g/mol. The number of aromatic nitrogens is 3. The maximum absolute atomic E-state index is 11.5. The molecule has 0 saturated carbocycles. The number of primary amides is 1. The first-order chi connectivity index (χ1) is 8.97. The van der Waals surface area contributed by atoms with Crippen molar-refractivity contribution in [3.63, 3.8) is 0 Å². The molecule has 1 atom stereocenters. The van der Waals surface area contributed by atoms with Crippen LogP contribution in [0.4, 0.5) is 0 Å². The first-order valence-electron chi connectivity index (χ1n) is 6.29. The van der Waals surface area contributed by atoms with E-state index in [9.17, 15) is 9.59 Å². The van der Waals surface area contributed by atoms with E-state index in [0.29, 0.717) is 23.9 Å². The highest BCUT2D eigenvalue weighted by molar-refractivity contribution is 7.99. The molecule has 0 radical (unpaired) electrons. The highest BCUT2D eigenvalue weighted by atomic mass is 32.2. The van der Waals surface area contributed by atoms with Crippen LogP contribution in [0.3, 0.4) is 0 Å². The van der Waals surface area contributed by atoms with Crippen molar-refractivity contribution in [3.8, 4) is 0 Å². The van der Waals surface area contributed by atoms with Crippen LogP contribution < -0.4 is 16.7 Å². The smallest absolute Gasteiger partial charge is 0.344 e. The fourth-order valence-corrected chi connectivity index (χ4v) is 2.79. The normalized spacial score (nSPS) is 12.8. The van der Waals surface area contributed by atoms with Crippen LogP contribution in [0.1, 0.15) is 33.2 Å². The van der Waals surface area contributed by atoms with Crippen molar-refractivity contribution in [2.45, 2.75) is 44.4 Å². The molecule has 1 aromatic rings. The predicted octanol–water partition coefficient (Wildman–Crippen LogP) is 0.0979. The van der Waals surface area contributed by atoms with Crippen LogP contribution in [0.25, 0.3) is 0 Å². The molecule has 0 aromatic carbocycles. The molecule has 0 aliphatic rings. The van der Waals surface area contributed by atoms with Gasteiger partial charge in [0.2, 0.25) is 5.91 Å². The average molecular weight is 287 g/mol. The van der Waals surface area contributed by atoms with E-state index < -0.39 is 0 Å². The van der Waals surface area contributed by atoms with Crippen LogP contribution in [0.2, 0.25) is 0 Å². The molecular formula is C11H21N5O2S. The summed E-state index contributed by atoms with van der Waals surface area (Å²) in [4.78, 5) is 22.7. The summed E-state index contributed by atoms with van der Waals surface area (Å²) < 4.78 is 1.59. The van der Waals surface area contributed by atoms with Crippen LogP contribution in [0.5, 0.6) is 0 Å². The SMILES string of the molecule is CCNC(CCSc1n[nH]c(=O)n1C(C)C)C(N)=O. The number of hydrogen-bond acceptors (Lipinski definition) is 5. The largest absolute Gasteiger partial charge is 0.368 e. The van der Waals surface area contributed by atoms with Crippen molar-refractivity contribution in [3.05, 3.63) is 10.5 Å². The molecule has 7 nitrogen and oxygen atoms in total. The zero-order valence-corrected chi connectivity index (χ0v) is 12.3. The summed E-state index contributed by atoms with van der Waals surface area (Å²) in [6, 6.07) is -0.287. The van der Waals surface area contributed by atoms with E-state index in [0.717, 1.165) is 0 Å². The lowest BCUT2D eigenvalue weighted by molar-refractivity contribution is -0.120. The molecule has 1 rings (SSSR count). The summed E-state index contributed by atoms with van der Waals surface area (Å²) >= 11 is 1.44. The van der Waals surface area contributed by atoms with E-state index in [1.165, 1.54) is 11.8 Å². The third kappa shape index (κ3) is 4.39. The second kappa shape index (κ2) is 7.34. The Kier molecular flexibility index (Phi) is 6.10. The number of hydrogen-bond donors (Lipinski definition) is 3. The Morgan fingerprint density at radius 1 is 1.58 bits per heavy atom. The number of amides is 1. The second-order valence-corrected chi connectivity index (χ2v) is 5.49. The summed E-state index contributed by atoms with van der Waals surface area (Å²) in [6.45, 7) is 6.46. The quantitative estimate of drug-likeness (QED) is 0.588. The zero-order chi connectivity index (χ0) is 14.4. The van der Waals surface area contributed by atoms with Crippen molar-refractivity contribution in [1.82, 2.24) is 20.1 Å². The Balaban J connectivity index is 2.58. The van der Waals surface area contributed by atoms with Gasteiger partial charge in [0.15, 0.2) is 5.16 Å². The Bertz CT molecular complexity index is 468. The fraction of sp³-hybridized carbons (Fsp3) is 0.727. The number of nitrogens with one attached hydrogen (secondary N) is 2. The van der Waals surface area contributed by atoms with Crippen LogP contribution in [0, 0.1) is 0 Å². The zero-order valence-electron chi connectivity index (χ0n) is 11.5. The molecule has 1 unspecified atom stereocenters. The van der Waals surface area contributed by atoms with Gasteiger partial charge in [0, 0.05) is 11.8 Å². The van der Waals surface area contributed by atoms with Crippen molar-refractivity contribution in [2.24, 2.45) is 5.73 Å².